The van der Waals surface area contributed by atoms with Gasteiger partial charge in [0.1, 0.15) is 11.6 Å². The van der Waals surface area contributed by atoms with Gasteiger partial charge in [0.25, 0.3) is 5.91 Å². The van der Waals surface area contributed by atoms with Crippen LogP contribution in [-0.2, 0) is 4.79 Å². The molecule has 1 aliphatic heterocycles. The van der Waals surface area contributed by atoms with Crippen molar-refractivity contribution in [3.8, 4) is 5.75 Å². The van der Waals surface area contributed by atoms with Gasteiger partial charge in [-0.25, -0.2) is 4.39 Å². The first kappa shape index (κ1) is 19.8. The second kappa shape index (κ2) is 6.79. The molecule has 1 unspecified atom stereocenters. The Morgan fingerprint density at radius 1 is 1.10 bits per heavy atom. The van der Waals surface area contributed by atoms with Gasteiger partial charge in [0.15, 0.2) is 0 Å². The normalized spacial score (nSPS) is 38.4. The van der Waals surface area contributed by atoms with E-state index in [-0.39, 0.29) is 28.8 Å². The van der Waals surface area contributed by atoms with Gasteiger partial charge in [-0.1, -0.05) is 6.92 Å². The van der Waals surface area contributed by atoms with E-state index in [2.05, 4.69) is 0 Å². The Bertz CT molecular complexity index is 917. The first-order valence-corrected chi connectivity index (χ1v) is 12.2. The number of carbonyl (C=O) groups excluding carboxylic acids is 2. The first-order valence-electron chi connectivity index (χ1n) is 12.2. The van der Waals surface area contributed by atoms with Crippen molar-refractivity contribution in [3.05, 3.63) is 29.1 Å². The highest BCUT2D eigenvalue weighted by molar-refractivity contribution is 6.09. The minimum atomic E-state index is -0.575. The van der Waals surface area contributed by atoms with Gasteiger partial charge < -0.3 is 4.74 Å². The molecule has 0 aromatic heterocycles. The van der Waals surface area contributed by atoms with Crippen LogP contribution in [0.5, 0.6) is 5.75 Å². The molecule has 0 radical (unpaired) electrons. The molecule has 166 valence electrons. The number of carbonyl (C=O) groups is 2. The van der Waals surface area contributed by atoms with Gasteiger partial charge in [-0.3, -0.25) is 14.5 Å². The van der Waals surface area contributed by atoms with Crippen LogP contribution in [0.15, 0.2) is 12.1 Å². The molecule has 0 spiro atoms. The lowest BCUT2D eigenvalue weighted by Gasteiger charge is -2.56. The Balaban J connectivity index is 1.25. The second-order valence-electron chi connectivity index (χ2n) is 11.4. The number of likely N-dealkylation sites (tertiary alicyclic amines) is 1. The number of hydrogen-bond acceptors (Lipinski definition) is 3. The van der Waals surface area contributed by atoms with E-state index in [1.165, 1.54) is 49.5 Å². The summed E-state index contributed by atoms with van der Waals surface area (Å²) in [6, 6.07) is 2.91. The molecule has 31 heavy (non-hydrogen) atoms. The highest BCUT2D eigenvalue weighted by Gasteiger charge is 2.51. The molecule has 1 aromatic rings. The van der Waals surface area contributed by atoms with Crippen molar-refractivity contribution in [2.24, 2.45) is 29.1 Å². The molecule has 6 fully saturated rings. The monoisotopic (exact) mass is 425 g/mol. The summed E-state index contributed by atoms with van der Waals surface area (Å²) in [5.41, 5.74) is 1.22. The van der Waals surface area contributed by atoms with Crippen molar-refractivity contribution in [1.82, 2.24) is 4.90 Å². The standard InChI is InChI=1S/C26H32FNO3/c1-14-15(2)28(24(14)29)25(30)21-8-20(19-3-4-19)23(9-22(21)27)31-13-26-10-16-5-17(11-26)7-18(6-16)12-26/h8-9,14-19H,3-7,10-13H2,1-2H3/t14-,15?,16?,17?,18?,26?/m1/s1. The smallest absolute Gasteiger partial charge is 0.263 e. The van der Waals surface area contributed by atoms with Gasteiger partial charge in [0.05, 0.1) is 18.1 Å². The lowest BCUT2D eigenvalue weighted by molar-refractivity contribution is -0.148. The van der Waals surface area contributed by atoms with Crippen LogP contribution in [0.3, 0.4) is 0 Å². The van der Waals surface area contributed by atoms with E-state index >= 15 is 4.39 Å². The fourth-order valence-corrected chi connectivity index (χ4v) is 7.45. The quantitative estimate of drug-likeness (QED) is 0.475. The number of benzene rings is 1. The van der Waals surface area contributed by atoms with Crippen molar-refractivity contribution >= 4 is 11.8 Å². The van der Waals surface area contributed by atoms with Crippen LogP contribution in [0.4, 0.5) is 4.39 Å². The maximum absolute atomic E-state index is 15.1. The molecule has 5 saturated carbocycles. The summed E-state index contributed by atoms with van der Waals surface area (Å²) in [4.78, 5) is 26.3. The number of amides is 2. The number of hydrogen-bond donors (Lipinski definition) is 0. The van der Waals surface area contributed by atoms with Gasteiger partial charge in [-0.05, 0) is 93.6 Å². The number of ether oxygens (including phenoxy) is 1. The average Bonchev–Trinajstić information content (AvgIpc) is 3.56. The predicted molar refractivity (Wildman–Crippen MR) is 114 cm³/mol. The van der Waals surface area contributed by atoms with Crippen molar-refractivity contribution < 1.29 is 18.7 Å². The van der Waals surface area contributed by atoms with E-state index < -0.39 is 11.7 Å². The van der Waals surface area contributed by atoms with Crippen LogP contribution >= 0.6 is 0 Å². The molecule has 0 N–H and O–H groups in total. The molecule has 5 aliphatic carbocycles. The molecular formula is C26H32FNO3. The van der Waals surface area contributed by atoms with E-state index in [0.29, 0.717) is 18.3 Å². The van der Waals surface area contributed by atoms with Crippen molar-refractivity contribution in [2.45, 2.75) is 77.2 Å². The molecule has 4 nitrogen and oxygen atoms in total. The van der Waals surface area contributed by atoms with Crippen molar-refractivity contribution in [1.29, 1.82) is 0 Å². The van der Waals surface area contributed by atoms with Crippen LogP contribution < -0.4 is 4.74 Å². The van der Waals surface area contributed by atoms with Gasteiger partial charge in [0.2, 0.25) is 5.91 Å². The number of rotatable bonds is 5. The first-order chi connectivity index (χ1) is 14.8. The van der Waals surface area contributed by atoms with Crippen LogP contribution in [-0.4, -0.2) is 29.4 Å². The van der Waals surface area contributed by atoms with E-state index in [1.54, 1.807) is 6.07 Å². The molecule has 1 heterocycles. The minimum absolute atomic E-state index is 0.0103. The summed E-state index contributed by atoms with van der Waals surface area (Å²) >= 11 is 0. The lowest BCUT2D eigenvalue weighted by atomic mass is 9.50. The number of β-lactam (4-membered cyclic amide) rings is 1. The molecular weight excluding hydrogens is 393 g/mol. The molecule has 1 aromatic carbocycles. The van der Waals surface area contributed by atoms with E-state index in [0.717, 1.165) is 36.2 Å². The van der Waals surface area contributed by atoms with Crippen LogP contribution in [0.1, 0.15) is 87.1 Å². The number of nitrogens with zero attached hydrogens (tertiary/aromatic N) is 1. The van der Waals surface area contributed by atoms with Crippen molar-refractivity contribution in [2.75, 3.05) is 6.61 Å². The third kappa shape index (κ3) is 3.14. The highest BCUT2D eigenvalue weighted by Crippen LogP contribution is 2.60. The van der Waals surface area contributed by atoms with Gasteiger partial charge >= 0.3 is 0 Å². The summed E-state index contributed by atoms with van der Waals surface area (Å²) in [7, 11) is 0. The Kier molecular flexibility index (Phi) is 4.33. The molecule has 4 bridgehead atoms. The fourth-order valence-electron chi connectivity index (χ4n) is 7.45. The minimum Gasteiger partial charge on any atom is -0.493 e. The zero-order chi connectivity index (χ0) is 21.5. The Morgan fingerprint density at radius 2 is 1.71 bits per heavy atom. The summed E-state index contributed by atoms with van der Waals surface area (Å²) < 4.78 is 21.5. The van der Waals surface area contributed by atoms with Crippen LogP contribution in [0, 0.1) is 34.9 Å². The zero-order valence-electron chi connectivity index (χ0n) is 18.5. The predicted octanol–water partition coefficient (Wildman–Crippen LogP) is 5.31. The third-order valence-corrected chi connectivity index (χ3v) is 9.02. The molecule has 1 saturated heterocycles. The Morgan fingerprint density at radius 3 is 2.26 bits per heavy atom. The SMILES string of the molecule is CC1[C@@H](C)C(=O)N1C(=O)c1cc(C2CC2)c(OCC23CC4CC(CC(C4)C2)C3)cc1F. The highest BCUT2D eigenvalue weighted by atomic mass is 19.1. The number of halogens is 1. The van der Waals surface area contributed by atoms with E-state index in [1.807, 2.05) is 13.8 Å². The summed E-state index contributed by atoms with van der Waals surface area (Å²) in [6.45, 7) is 4.32. The summed E-state index contributed by atoms with van der Waals surface area (Å²) in [5.74, 6) is 2.03. The second-order valence-corrected chi connectivity index (χ2v) is 11.4. The number of imide groups is 1. The third-order valence-electron chi connectivity index (χ3n) is 9.02. The largest absolute Gasteiger partial charge is 0.493 e. The van der Waals surface area contributed by atoms with Gasteiger partial charge in [0, 0.05) is 17.5 Å². The van der Waals surface area contributed by atoms with E-state index in [4.69, 9.17) is 4.74 Å². The molecule has 2 atom stereocenters. The van der Waals surface area contributed by atoms with Gasteiger partial charge in [-0.2, -0.15) is 0 Å². The molecule has 7 rings (SSSR count). The van der Waals surface area contributed by atoms with Gasteiger partial charge in [-0.15, -0.1) is 0 Å². The van der Waals surface area contributed by atoms with Crippen molar-refractivity contribution in [3.63, 3.8) is 0 Å². The van der Waals surface area contributed by atoms with Crippen LogP contribution in [0.2, 0.25) is 0 Å². The maximum Gasteiger partial charge on any atom is 0.263 e. The fraction of sp³-hybridized carbons (Fsp3) is 0.692. The van der Waals surface area contributed by atoms with E-state index in [9.17, 15) is 9.59 Å². The summed E-state index contributed by atoms with van der Waals surface area (Å²) in [5, 5.41) is 0. The van der Waals surface area contributed by atoms with Crippen LogP contribution in [0.25, 0.3) is 0 Å². The maximum atomic E-state index is 15.1. The average molecular weight is 426 g/mol. The molecule has 5 heteroatoms. The topological polar surface area (TPSA) is 46.6 Å². The Labute approximate surface area is 183 Å². The zero-order valence-corrected chi connectivity index (χ0v) is 18.5. The summed E-state index contributed by atoms with van der Waals surface area (Å²) in [6.07, 6.45) is 10.0. The molecule has 6 aliphatic rings. The molecule has 2 amide bonds. The lowest BCUT2D eigenvalue weighted by Crippen LogP contribution is -2.60. The Hall–Kier alpha value is -1.91.